The zero-order valence-corrected chi connectivity index (χ0v) is 17.5. The minimum absolute atomic E-state index is 0.217. The van der Waals surface area contributed by atoms with E-state index in [1.54, 1.807) is 6.92 Å². The molecule has 0 aliphatic rings. The van der Waals surface area contributed by atoms with Crippen LogP contribution in [0.15, 0.2) is 12.2 Å². The molecule has 0 aliphatic carbocycles. The molecule has 0 aliphatic heterocycles. The molecule has 2 nitrogen and oxygen atoms in total. The fourth-order valence-electron chi connectivity index (χ4n) is 2.53. The molecule has 0 aromatic rings. The number of ether oxygens (including phenoxy) is 1. The van der Waals surface area contributed by atoms with Crippen LogP contribution in [0.4, 0.5) is 0 Å². The molecule has 21 heavy (non-hydrogen) atoms. The van der Waals surface area contributed by atoms with Gasteiger partial charge < -0.3 is 0 Å². The molecule has 0 rings (SSSR count). The first-order chi connectivity index (χ1) is 9.81. The van der Waals surface area contributed by atoms with E-state index in [-0.39, 0.29) is 5.97 Å². The van der Waals surface area contributed by atoms with Crippen molar-refractivity contribution in [2.24, 2.45) is 0 Å². The van der Waals surface area contributed by atoms with Crippen molar-refractivity contribution in [2.75, 3.05) is 24.8 Å². The molecule has 0 heterocycles. The second-order valence-electron chi connectivity index (χ2n) is 6.39. The molecule has 0 aromatic heterocycles. The second kappa shape index (κ2) is 10.2. The number of carbonyl (C=O) groups is 1. The Morgan fingerprint density at radius 1 is 1.00 bits per heavy atom. The number of hydrogen-bond acceptors (Lipinski definition) is 2. The zero-order chi connectivity index (χ0) is 16.4. The molecule has 0 bridgehead atoms. The zero-order valence-electron chi connectivity index (χ0n) is 14.4. The van der Waals surface area contributed by atoms with E-state index in [4.69, 9.17) is 4.74 Å². The van der Waals surface area contributed by atoms with Crippen LogP contribution < -0.4 is 0 Å². The molecule has 4 heteroatoms. The standard InChI is InChI=1S/C17H34IO2P/c1-6-9-12-21(18,13-10-7-2,14-11-8-3)15-20-17(19)16(4)5/h4,6-15H2,1-3,5H3. The molecular formula is C17H34IO2P. The van der Waals surface area contributed by atoms with Crippen LogP contribution in [0.3, 0.4) is 0 Å². The Morgan fingerprint density at radius 3 is 1.67 bits per heavy atom. The van der Waals surface area contributed by atoms with Gasteiger partial charge in [-0.25, -0.2) is 0 Å². The van der Waals surface area contributed by atoms with Gasteiger partial charge in [-0.2, -0.15) is 0 Å². The van der Waals surface area contributed by atoms with Gasteiger partial charge in [0.2, 0.25) is 0 Å². The van der Waals surface area contributed by atoms with Crippen molar-refractivity contribution in [3.05, 3.63) is 12.2 Å². The van der Waals surface area contributed by atoms with Gasteiger partial charge in [0.05, 0.1) is 0 Å². The van der Waals surface area contributed by atoms with E-state index in [1.165, 1.54) is 57.0 Å². The summed E-state index contributed by atoms with van der Waals surface area (Å²) in [6.07, 6.45) is 11.8. The van der Waals surface area contributed by atoms with E-state index in [9.17, 15) is 4.79 Å². The van der Waals surface area contributed by atoms with Crippen molar-refractivity contribution < 1.29 is 9.53 Å². The van der Waals surface area contributed by atoms with Crippen LogP contribution >= 0.6 is 26.3 Å². The summed E-state index contributed by atoms with van der Waals surface area (Å²) in [6.45, 7) is 12.2. The van der Waals surface area contributed by atoms with Gasteiger partial charge in [-0.3, -0.25) is 0 Å². The Labute approximate surface area is 144 Å². The third-order valence-electron chi connectivity index (χ3n) is 4.08. The van der Waals surface area contributed by atoms with Gasteiger partial charge in [-0.15, -0.1) is 0 Å². The summed E-state index contributed by atoms with van der Waals surface area (Å²) in [5.41, 5.74) is 0.512. The molecule has 0 unspecified atom stereocenters. The Bertz CT molecular complexity index is 317. The van der Waals surface area contributed by atoms with Gasteiger partial charge in [0.15, 0.2) is 0 Å². The van der Waals surface area contributed by atoms with Crippen LogP contribution in [0.2, 0.25) is 0 Å². The molecule has 0 N–H and O–H groups in total. The average Bonchev–Trinajstić information content (AvgIpc) is 2.47. The maximum atomic E-state index is 11.8. The maximum absolute atomic E-state index is 11.8. The van der Waals surface area contributed by atoms with Crippen LogP contribution in [0.5, 0.6) is 0 Å². The summed E-state index contributed by atoms with van der Waals surface area (Å²) in [5, 5.41) is 0. The van der Waals surface area contributed by atoms with Gasteiger partial charge in [-0.1, -0.05) is 0 Å². The molecule has 0 spiro atoms. The van der Waals surface area contributed by atoms with Gasteiger partial charge in [0, 0.05) is 0 Å². The van der Waals surface area contributed by atoms with Crippen LogP contribution in [-0.2, 0) is 9.53 Å². The first-order valence-corrected chi connectivity index (χ1v) is 14.1. The van der Waals surface area contributed by atoms with E-state index in [2.05, 4.69) is 49.4 Å². The van der Waals surface area contributed by atoms with Crippen molar-refractivity contribution in [2.45, 2.75) is 66.2 Å². The number of halogens is 1. The minimum atomic E-state index is -1.97. The van der Waals surface area contributed by atoms with Crippen molar-refractivity contribution in [3.63, 3.8) is 0 Å². The number of rotatable bonds is 12. The normalized spacial score (nSPS) is 13.5. The summed E-state index contributed by atoms with van der Waals surface area (Å²) in [5.74, 6) is -0.217. The summed E-state index contributed by atoms with van der Waals surface area (Å²) >= 11 is 2.76. The topological polar surface area (TPSA) is 26.3 Å². The predicted molar refractivity (Wildman–Crippen MR) is 106 cm³/mol. The van der Waals surface area contributed by atoms with E-state index < -0.39 is 4.25 Å². The number of esters is 1. The Hall–Kier alpha value is 0.370. The van der Waals surface area contributed by atoms with Crippen molar-refractivity contribution in [1.29, 1.82) is 0 Å². The molecular weight excluding hydrogens is 394 g/mol. The number of unbranched alkanes of at least 4 members (excludes halogenated alkanes) is 3. The van der Waals surface area contributed by atoms with E-state index >= 15 is 0 Å². The number of hydrogen-bond donors (Lipinski definition) is 0. The summed E-state index contributed by atoms with van der Waals surface area (Å²) < 4.78 is 3.71. The van der Waals surface area contributed by atoms with Gasteiger partial charge >= 0.3 is 145 Å². The van der Waals surface area contributed by atoms with Gasteiger partial charge in [0.1, 0.15) is 0 Å². The van der Waals surface area contributed by atoms with Crippen molar-refractivity contribution in [3.8, 4) is 0 Å². The predicted octanol–water partition coefficient (Wildman–Crippen LogP) is 6.37. The third kappa shape index (κ3) is 7.97. The van der Waals surface area contributed by atoms with Crippen LogP contribution in [0, 0.1) is 0 Å². The average molecular weight is 428 g/mol. The first kappa shape index (κ1) is 21.4. The molecule has 0 radical (unpaired) electrons. The van der Waals surface area contributed by atoms with Gasteiger partial charge in [-0.05, 0) is 0 Å². The molecule has 0 saturated carbocycles. The van der Waals surface area contributed by atoms with Gasteiger partial charge in [0.25, 0.3) is 0 Å². The van der Waals surface area contributed by atoms with Crippen molar-refractivity contribution in [1.82, 2.24) is 0 Å². The van der Waals surface area contributed by atoms with Crippen molar-refractivity contribution >= 4 is 32.3 Å². The van der Waals surface area contributed by atoms with E-state index in [1.807, 2.05) is 0 Å². The SMILES string of the molecule is C=C(C)C(=O)OCP(I)(CCCC)(CCCC)CCCC. The monoisotopic (exact) mass is 428 g/mol. The molecule has 0 fully saturated rings. The number of carbonyl (C=O) groups excluding carboxylic acids is 1. The first-order valence-electron chi connectivity index (χ1n) is 8.36. The van der Waals surface area contributed by atoms with Crippen LogP contribution in [-0.4, -0.2) is 30.8 Å². The molecule has 0 aromatic carbocycles. The Balaban J connectivity index is 5.12. The molecule has 0 amide bonds. The quantitative estimate of drug-likeness (QED) is 0.156. The molecule has 0 atom stereocenters. The Kier molecular flexibility index (Phi) is 10.4. The summed E-state index contributed by atoms with van der Waals surface area (Å²) in [4.78, 5) is 11.8. The third-order valence-corrected chi connectivity index (χ3v) is 14.3. The fourth-order valence-corrected chi connectivity index (χ4v) is 10.8. The van der Waals surface area contributed by atoms with E-state index in [0.717, 1.165) is 0 Å². The summed E-state index contributed by atoms with van der Waals surface area (Å²) in [7, 11) is 0. The fraction of sp³-hybridized carbons (Fsp3) is 0.824. The van der Waals surface area contributed by atoms with Crippen LogP contribution in [0.25, 0.3) is 0 Å². The Morgan fingerprint density at radius 2 is 1.38 bits per heavy atom. The molecule has 0 saturated heterocycles. The van der Waals surface area contributed by atoms with E-state index in [0.29, 0.717) is 11.9 Å². The van der Waals surface area contributed by atoms with Crippen LogP contribution in [0.1, 0.15) is 66.2 Å². The molecule has 126 valence electrons. The summed E-state index contributed by atoms with van der Waals surface area (Å²) in [6, 6.07) is 0. The second-order valence-corrected chi connectivity index (χ2v) is 19.8.